The summed E-state index contributed by atoms with van der Waals surface area (Å²) in [6.07, 6.45) is 0. The highest BCUT2D eigenvalue weighted by Gasteiger charge is 2.22. The van der Waals surface area contributed by atoms with Crippen molar-refractivity contribution in [1.82, 2.24) is 0 Å². The lowest BCUT2D eigenvalue weighted by atomic mass is 10.0. The third-order valence-corrected chi connectivity index (χ3v) is 3.17. The summed E-state index contributed by atoms with van der Waals surface area (Å²) < 4.78 is 24.1. The molecule has 0 saturated heterocycles. The number of aliphatic hydroxyl groups is 1. The van der Waals surface area contributed by atoms with Gasteiger partial charge in [-0.05, 0) is 15.9 Å². The molecule has 1 atom stereocenters. The van der Waals surface area contributed by atoms with Gasteiger partial charge in [-0.3, -0.25) is 0 Å². The predicted octanol–water partition coefficient (Wildman–Crippen LogP) is 2.70. The molecular formula is C11H14BrFO3. The molecule has 16 heavy (non-hydrogen) atoms. The van der Waals surface area contributed by atoms with Gasteiger partial charge in [-0.15, -0.1) is 0 Å². The summed E-state index contributed by atoms with van der Waals surface area (Å²) in [5.74, 6) is 0.0812. The minimum absolute atomic E-state index is 0.0957. The van der Waals surface area contributed by atoms with E-state index in [2.05, 4.69) is 15.9 Å². The van der Waals surface area contributed by atoms with Gasteiger partial charge >= 0.3 is 0 Å². The van der Waals surface area contributed by atoms with Crippen molar-refractivity contribution in [2.45, 2.75) is 12.8 Å². The van der Waals surface area contributed by atoms with Crippen molar-refractivity contribution in [3.05, 3.63) is 21.9 Å². The number of ether oxygens (including phenoxy) is 2. The Hall–Kier alpha value is -0.810. The van der Waals surface area contributed by atoms with Crippen LogP contribution in [0.2, 0.25) is 0 Å². The number of rotatable bonds is 4. The molecule has 0 bridgehead atoms. The van der Waals surface area contributed by atoms with E-state index in [1.165, 1.54) is 20.3 Å². The standard InChI is InChI=1S/C11H14BrFO3/c1-6(5-14)9-10(12)7(13)4-8(15-2)11(9)16-3/h4,6,14H,5H2,1-3H3. The van der Waals surface area contributed by atoms with Gasteiger partial charge in [0.15, 0.2) is 11.5 Å². The second kappa shape index (κ2) is 5.50. The smallest absolute Gasteiger partial charge is 0.165 e. The molecule has 1 aromatic rings. The first kappa shape index (κ1) is 13.3. The van der Waals surface area contributed by atoms with E-state index < -0.39 is 5.82 Å². The van der Waals surface area contributed by atoms with Gasteiger partial charge in [0, 0.05) is 24.2 Å². The van der Waals surface area contributed by atoms with Gasteiger partial charge < -0.3 is 14.6 Å². The summed E-state index contributed by atoms with van der Waals surface area (Å²) in [5.41, 5.74) is 0.571. The molecule has 0 aliphatic carbocycles. The van der Waals surface area contributed by atoms with Crippen LogP contribution in [-0.4, -0.2) is 25.9 Å². The van der Waals surface area contributed by atoms with Crippen LogP contribution in [0.1, 0.15) is 18.4 Å². The molecule has 5 heteroatoms. The van der Waals surface area contributed by atoms with Crippen molar-refractivity contribution in [3.63, 3.8) is 0 Å². The Morgan fingerprint density at radius 2 is 2.06 bits per heavy atom. The van der Waals surface area contributed by atoms with E-state index in [0.29, 0.717) is 21.5 Å². The molecule has 1 rings (SSSR count). The molecule has 90 valence electrons. The van der Waals surface area contributed by atoms with Crippen LogP contribution in [0, 0.1) is 5.82 Å². The lowest BCUT2D eigenvalue weighted by molar-refractivity contribution is 0.267. The molecule has 0 radical (unpaired) electrons. The van der Waals surface area contributed by atoms with Crippen molar-refractivity contribution < 1.29 is 19.0 Å². The lowest BCUT2D eigenvalue weighted by Crippen LogP contribution is -2.06. The Morgan fingerprint density at radius 3 is 2.50 bits per heavy atom. The lowest BCUT2D eigenvalue weighted by Gasteiger charge is -2.18. The van der Waals surface area contributed by atoms with Crippen LogP contribution in [0.25, 0.3) is 0 Å². The molecule has 1 aromatic carbocycles. The monoisotopic (exact) mass is 292 g/mol. The van der Waals surface area contributed by atoms with Crippen molar-refractivity contribution in [3.8, 4) is 11.5 Å². The first-order valence-electron chi connectivity index (χ1n) is 4.77. The highest BCUT2D eigenvalue weighted by Crippen LogP contribution is 2.41. The number of hydrogen-bond donors (Lipinski definition) is 1. The quantitative estimate of drug-likeness (QED) is 0.927. The number of benzene rings is 1. The Labute approximate surface area is 102 Å². The first-order valence-corrected chi connectivity index (χ1v) is 5.56. The average Bonchev–Trinajstić information content (AvgIpc) is 2.30. The minimum atomic E-state index is -0.437. The normalized spacial score (nSPS) is 12.4. The van der Waals surface area contributed by atoms with Crippen LogP contribution < -0.4 is 9.47 Å². The summed E-state index contributed by atoms with van der Waals surface area (Å²) in [5, 5.41) is 9.15. The SMILES string of the molecule is COc1cc(F)c(Br)c(C(C)CO)c1OC. The Bertz CT molecular complexity index is 382. The summed E-state index contributed by atoms with van der Waals surface area (Å²) in [6, 6.07) is 1.25. The maximum atomic E-state index is 13.6. The average molecular weight is 293 g/mol. The molecule has 1 N–H and O–H groups in total. The molecule has 0 aliphatic rings. The summed E-state index contributed by atoms with van der Waals surface area (Å²) in [7, 11) is 2.92. The summed E-state index contributed by atoms with van der Waals surface area (Å²) >= 11 is 3.15. The fourth-order valence-electron chi connectivity index (χ4n) is 1.50. The van der Waals surface area contributed by atoms with E-state index in [1.807, 2.05) is 0 Å². The molecule has 3 nitrogen and oxygen atoms in total. The molecule has 0 amide bonds. The van der Waals surface area contributed by atoms with E-state index >= 15 is 0 Å². The maximum Gasteiger partial charge on any atom is 0.165 e. The molecule has 0 saturated carbocycles. The van der Waals surface area contributed by atoms with E-state index in [1.54, 1.807) is 6.92 Å². The van der Waals surface area contributed by atoms with Gasteiger partial charge in [-0.1, -0.05) is 6.92 Å². The topological polar surface area (TPSA) is 38.7 Å². The number of hydrogen-bond acceptors (Lipinski definition) is 3. The molecule has 0 aromatic heterocycles. The number of aliphatic hydroxyl groups excluding tert-OH is 1. The zero-order valence-corrected chi connectivity index (χ0v) is 11.0. The molecule has 0 spiro atoms. The van der Waals surface area contributed by atoms with Crippen molar-refractivity contribution in [2.75, 3.05) is 20.8 Å². The highest BCUT2D eigenvalue weighted by atomic mass is 79.9. The Kier molecular flexibility index (Phi) is 4.56. The van der Waals surface area contributed by atoms with E-state index in [4.69, 9.17) is 14.6 Å². The van der Waals surface area contributed by atoms with Gasteiger partial charge in [0.25, 0.3) is 0 Å². The van der Waals surface area contributed by atoms with Crippen LogP contribution in [0.5, 0.6) is 11.5 Å². The van der Waals surface area contributed by atoms with E-state index in [-0.39, 0.29) is 12.5 Å². The zero-order valence-electron chi connectivity index (χ0n) is 9.38. The Morgan fingerprint density at radius 1 is 1.44 bits per heavy atom. The highest BCUT2D eigenvalue weighted by molar-refractivity contribution is 9.10. The van der Waals surface area contributed by atoms with E-state index in [0.717, 1.165) is 0 Å². The molecule has 0 heterocycles. The van der Waals surface area contributed by atoms with Gasteiger partial charge in [-0.2, -0.15) is 0 Å². The van der Waals surface area contributed by atoms with Gasteiger partial charge in [0.05, 0.1) is 18.7 Å². The van der Waals surface area contributed by atoms with Crippen LogP contribution in [0.3, 0.4) is 0 Å². The maximum absolute atomic E-state index is 13.6. The van der Waals surface area contributed by atoms with Crippen LogP contribution in [-0.2, 0) is 0 Å². The second-order valence-electron chi connectivity index (χ2n) is 3.41. The van der Waals surface area contributed by atoms with Crippen LogP contribution in [0.15, 0.2) is 10.5 Å². The third-order valence-electron chi connectivity index (χ3n) is 2.36. The first-order chi connectivity index (χ1) is 7.56. The van der Waals surface area contributed by atoms with Gasteiger partial charge in [0.2, 0.25) is 0 Å². The van der Waals surface area contributed by atoms with Crippen LogP contribution in [0.4, 0.5) is 4.39 Å². The largest absolute Gasteiger partial charge is 0.493 e. The van der Waals surface area contributed by atoms with E-state index in [9.17, 15) is 4.39 Å². The van der Waals surface area contributed by atoms with Crippen molar-refractivity contribution in [1.29, 1.82) is 0 Å². The zero-order chi connectivity index (χ0) is 12.3. The third kappa shape index (κ3) is 2.30. The number of halogens is 2. The molecule has 0 aliphatic heterocycles. The van der Waals surface area contributed by atoms with Crippen molar-refractivity contribution in [2.24, 2.45) is 0 Å². The predicted molar refractivity (Wildman–Crippen MR) is 62.7 cm³/mol. The number of methoxy groups -OCH3 is 2. The molecular weight excluding hydrogens is 279 g/mol. The van der Waals surface area contributed by atoms with Gasteiger partial charge in [0.1, 0.15) is 5.82 Å². The molecule has 1 unspecified atom stereocenters. The minimum Gasteiger partial charge on any atom is -0.493 e. The second-order valence-corrected chi connectivity index (χ2v) is 4.20. The van der Waals surface area contributed by atoms with Gasteiger partial charge in [-0.25, -0.2) is 4.39 Å². The fraction of sp³-hybridized carbons (Fsp3) is 0.455. The summed E-state index contributed by atoms with van der Waals surface area (Å²) in [6.45, 7) is 1.68. The molecule has 0 fully saturated rings. The fourth-order valence-corrected chi connectivity index (χ4v) is 2.18. The van der Waals surface area contributed by atoms with Crippen LogP contribution >= 0.6 is 15.9 Å². The van der Waals surface area contributed by atoms with Crippen molar-refractivity contribution >= 4 is 15.9 Å². The Balaban J connectivity index is 3.46. The summed E-state index contributed by atoms with van der Waals surface area (Å²) in [4.78, 5) is 0.